The Morgan fingerprint density at radius 3 is 1.93 bits per heavy atom. The van der Waals surface area contributed by atoms with Gasteiger partial charge >= 0.3 is 0 Å². The molecule has 1 N–H and O–H groups in total. The number of hydrogen-bond acceptors (Lipinski definition) is 4. The number of nitrogens with zero attached hydrogens (tertiary/aromatic N) is 2. The zero-order chi connectivity index (χ0) is 20.8. The van der Waals surface area contributed by atoms with Gasteiger partial charge in [-0.1, -0.05) is 66.7 Å². The van der Waals surface area contributed by atoms with E-state index in [-0.39, 0.29) is 11.9 Å². The fourth-order valence-electron chi connectivity index (χ4n) is 4.30. The summed E-state index contributed by atoms with van der Waals surface area (Å²) in [5, 5.41) is 10.2. The smallest absolute Gasteiger partial charge is 0.161 e. The van der Waals surface area contributed by atoms with E-state index in [1.54, 1.807) is 6.07 Å². The summed E-state index contributed by atoms with van der Waals surface area (Å²) in [5.74, 6) is 0.750. The molecule has 0 aliphatic carbocycles. The van der Waals surface area contributed by atoms with Crippen LogP contribution in [0, 0.1) is 0 Å². The molecule has 1 fully saturated rings. The quantitative estimate of drug-likeness (QED) is 0.589. The third kappa shape index (κ3) is 4.84. The van der Waals surface area contributed by atoms with Gasteiger partial charge in [-0.2, -0.15) is 0 Å². The highest BCUT2D eigenvalue weighted by Crippen LogP contribution is 2.36. The minimum absolute atomic E-state index is 0.124. The van der Waals surface area contributed by atoms with Gasteiger partial charge in [-0.25, -0.2) is 0 Å². The van der Waals surface area contributed by atoms with Crippen LogP contribution in [0.2, 0.25) is 0 Å². The molecule has 156 valence electrons. The van der Waals surface area contributed by atoms with Gasteiger partial charge < -0.3 is 9.84 Å². The van der Waals surface area contributed by atoms with Crippen LogP contribution in [0.15, 0.2) is 78.9 Å². The summed E-state index contributed by atoms with van der Waals surface area (Å²) in [6.07, 6.45) is 1.26. The van der Waals surface area contributed by atoms with Crippen molar-refractivity contribution < 1.29 is 9.84 Å². The van der Waals surface area contributed by atoms with Gasteiger partial charge in [0.1, 0.15) is 0 Å². The topological polar surface area (TPSA) is 35.9 Å². The van der Waals surface area contributed by atoms with Crippen molar-refractivity contribution in [3.63, 3.8) is 0 Å². The second kappa shape index (κ2) is 9.79. The molecule has 1 aliphatic rings. The average molecular weight is 403 g/mol. The first kappa shape index (κ1) is 20.5. The molecule has 1 aliphatic heterocycles. The zero-order valence-corrected chi connectivity index (χ0v) is 17.6. The molecular weight excluding hydrogens is 372 g/mol. The van der Waals surface area contributed by atoms with Crippen LogP contribution >= 0.6 is 0 Å². The highest BCUT2D eigenvalue weighted by molar-refractivity contribution is 5.43. The third-order valence-electron chi connectivity index (χ3n) is 5.62. The van der Waals surface area contributed by atoms with Gasteiger partial charge in [-0.05, 0) is 42.2 Å². The Bertz CT molecular complexity index is 881. The summed E-state index contributed by atoms with van der Waals surface area (Å²) in [7, 11) is 0. The molecule has 3 aromatic carbocycles. The van der Waals surface area contributed by atoms with Gasteiger partial charge in [0.05, 0.1) is 12.8 Å². The van der Waals surface area contributed by atoms with E-state index in [9.17, 15) is 5.11 Å². The van der Waals surface area contributed by atoms with Crippen molar-refractivity contribution in [1.82, 2.24) is 9.80 Å². The third-order valence-corrected chi connectivity index (χ3v) is 5.62. The Morgan fingerprint density at radius 1 is 0.833 bits per heavy atom. The molecule has 0 bridgehead atoms. The molecule has 3 aromatic rings. The van der Waals surface area contributed by atoms with E-state index in [1.165, 1.54) is 11.1 Å². The van der Waals surface area contributed by atoms with Crippen LogP contribution in [0.4, 0.5) is 0 Å². The minimum Gasteiger partial charge on any atom is -0.504 e. The second-order valence-electron chi connectivity index (χ2n) is 7.80. The monoisotopic (exact) mass is 402 g/mol. The second-order valence-corrected chi connectivity index (χ2v) is 7.80. The van der Waals surface area contributed by atoms with Crippen molar-refractivity contribution in [2.75, 3.05) is 19.7 Å². The van der Waals surface area contributed by atoms with Crippen LogP contribution < -0.4 is 4.74 Å². The van der Waals surface area contributed by atoms with Crippen LogP contribution in [-0.4, -0.2) is 34.6 Å². The molecule has 0 amide bonds. The number of rotatable bonds is 7. The van der Waals surface area contributed by atoms with E-state index in [1.807, 2.05) is 19.1 Å². The lowest BCUT2D eigenvalue weighted by Gasteiger charge is -2.44. The summed E-state index contributed by atoms with van der Waals surface area (Å²) >= 11 is 0. The summed E-state index contributed by atoms with van der Waals surface area (Å²) in [5.41, 5.74) is 3.78. The maximum Gasteiger partial charge on any atom is 0.161 e. The normalized spacial score (nSPS) is 15.9. The number of ether oxygens (including phenoxy) is 1. The van der Waals surface area contributed by atoms with Crippen molar-refractivity contribution in [3.8, 4) is 11.5 Å². The lowest BCUT2D eigenvalue weighted by Crippen LogP contribution is -2.46. The van der Waals surface area contributed by atoms with Gasteiger partial charge in [0.15, 0.2) is 11.5 Å². The van der Waals surface area contributed by atoms with Crippen LogP contribution in [0.5, 0.6) is 11.5 Å². The van der Waals surface area contributed by atoms with E-state index >= 15 is 0 Å². The van der Waals surface area contributed by atoms with Crippen molar-refractivity contribution in [3.05, 3.63) is 95.6 Å². The number of phenols is 1. The van der Waals surface area contributed by atoms with E-state index in [0.29, 0.717) is 12.4 Å². The molecule has 4 heteroatoms. The number of benzene rings is 3. The molecule has 0 atom stereocenters. The van der Waals surface area contributed by atoms with Gasteiger partial charge in [0.2, 0.25) is 0 Å². The fourth-order valence-corrected chi connectivity index (χ4v) is 4.30. The summed E-state index contributed by atoms with van der Waals surface area (Å²) in [4.78, 5) is 5.06. The summed E-state index contributed by atoms with van der Waals surface area (Å²) in [6.45, 7) is 6.33. The van der Waals surface area contributed by atoms with E-state index < -0.39 is 0 Å². The molecule has 0 radical (unpaired) electrons. The van der Waals surface area contributed by atoms with Gasteiger partial charge in [0, 0.05) is 26.2 Å². The summed E-state index contributed by atoms with van der Waals surface area (Å²) in [6, 6.07) is 27.1. The number of phenolic OH excluding ortho intramolecular Hbond substituents is 1. The first-order valence-electron chi connectivity index (χ1n) is 10.8. The largest absolute Gasteiger partial charge is 0.504 e. The molecule has 4 nitrogen and oxygen atoms in total. The lowest BCUT2D eigenvalue weighted by atomic mass is 10.0. The van der Waals surface area contributed by atoms with Gasteiger partial charge in [0.25, 0.3) is 0 Å². The Morgan fingerprint density at radius 2 is 1.40 bits per heavy atom. The van der Waals surface area contributed by atoms with E-state index in [0.717, 1.165) is 38.2 Å². The SMILES string of the molecule is CCOc1cc(C2N(Cc3ccccc3)CCCN2Cc2ccccc2)ccc1O. The fraction of sp³-hybridized carbons (Fsp3) is 0.308. The maximum atomic E-state index is 10.2. The van der Waals surface area contributed by atoms with E-state index in [2.05, 4.69) is 70.5 Å². The van der Waals surface area contributed by atoms with E-state index in [4.69, 9.17) is 4.74 Å². The van der Waals surface area contributed by atoms with Crippen LogP contribution in [-0.2, 0) is 13.1 Å². The van der Waals surface area contributed by atoms with Gasteiger partial charge in [-0.3, -0.25) is 9.80 Å². The Kier molecular flexibility index (Phi) is 6.67. The lowest BCUT2D eigenvalue weighted by molar-refractivity contribution is -0.00923. The average Bonchev–Trinajstić information content (AvgIpc) is 2.77. The highest BCUT2D eigenvalue weighted by atomic mass is 16.5. The molecule has 0 spiro atoms. The Labute approximate surface area is 179 Å². The Hall–Kier alpha value is -2.82. The van der Waals surface area contributed by atoms with Crippen molar-refractivity contribution in [2.24, 2.45) is 0 Å². The van der Waals surface area contributed by atoms with Crippen LogP contribution in [0.3, 0.4) is 0 Å². The molecule has 30 heavy (non-hydrogen) atoms. The van der Waals surface area contributed by atoms with Gasteiger partial charge in [-0.15, -0.1) is 0 Å². The predicted molar refractivity (Wildman–Crippen MR) is 120 cm³/mol. The number of hydrogen-bond donors (Lipinski definition) is 1. The molecule has 0 saturated carbocycles. The maximum absolute atomic E-state index is 10.2. The van der Waals surface area contributed by atoms with Crippen molar-refractivity contribution >= 4 is 0 Å². The minimum atomic E-state index is 0.124. The molecule has 0 aromatic heterocycles. The first-order chi connectivity index (χ1) is 14.7. The molecule has 1 heterocycles. The standard InChI is InChI=1S/C26H30N2O2/c1-2-30-25-18-23(14-15-24(25)29)26-27(19-21-10-5-3-6-11-21)16-9-17-28(26)20-22-12-7-4-8-13-22/h3-8,10-15,18,26,29H,2,9,16-17,19-20H2,1H3. The summed E-state index contributed by atoms with van der Waals surface area (Å²) < 4.78 is 5.69. The van der Waals surface area contributed by atoms with Crippen molar-refractivity contribution in [2.45, 2.75) is 32.6 Å². The zero-order valence-electron chi connectivity index (χ0n) is 17.6. The van der Waals surface area contributed by atoms with Crippen LogP contribution in [0.1, 0.15) is 36.2 Å². The highest BCUT2D eigenvalue weighted by Gasteiger charge is 2.31. The first-order valence-corrected chi connectivity index (χ1v) is 10.8. The predicted octanol–water partition coefficient (Wildman–Crippen LogP) is 5.20. The molecule has 4 rings (SSSR count). The van der Waals surface area contributed by atoms with Crippen LogP contribution in [0.25, 0.3) is 0 Å². The Balaban J connectivity index is 1.67. The number of aromatic hydroxyl groups is 1. The molecule has 0 unspecified atom stereocenters. The van der Waals surface area contributed by atoms with Crippen molar-refractivity contribution in [1.29, 1.82) is 0 Å². The molecule has 1 saturated heterocycles. The molecular formula is C26H30N2O2.